The third-order valence-electron chi connectivity index (χ3n) is 4.67. The fourth-order valence-corrected chi connectivity index (χ4v) is 3.19. The molecule has 0 spiro atoms. The molecule has 156 valence electrons. The Kier molecular flexibility index (Phi) is 6.05. The van der Waals surface area contributed by atoms with E-state index in [0.29, 0.717) is 16.3 Å². The molecule has 1 aromatic carbocycles. The zero-order valence-electron chi connectivity index (χ0n) is 15.1. The van der Waals surface area contributed by atoms with Crippen molar-refractivity contribution in [1.82, 2.24) is 9.55 Å². The van der Waals surface area contributed by atoms with Gasteiger partial charge in [0.25, 0.3) is 5.56 Å². The number of hydrogen-bond acceptors (Lipinski definition) is 8. The topological polar surface area (TPSA) is 151 Å². The van der Waals surface area contributed by atoms with Crippen molar-refractivity contribution >= 4 is 5.78 Å². The Morgan fingerprint density at radius 2 is 1.90 bits per heavy atom. The van der Waals surface area contributed by atoms with E-state index in [1.807, 2.05) is 0 Å². The van der Waals surface area contributed by atoms with Crippen LogP contribution < -0.4 is 11.2 Å². The number of H-pyrrole nitrogens is 1. The van der Waals surface area contributed by atoms with Crippen LogP contribution in [0.4, 0.5) is 4.39 Å². The van der Waals surface area contributed by atoms with Crippen LogP contribution in [0.1, 0.15) is 17.9 Å². The molecule has 0 radical (unpaired) electrons. The summed E-state index contributed by atoms with van der Waals surface area (Å²) in [6.45, 7) is 0. The van der Waals surface area contributed by atoms with Gasteiger partial charge in [-0.2, -0.15) is 4.39 Å². The Labute approximate surface area is 162 Å². The normalized spacial score (nSPS) is 26.2. The number of carbonyl (C=O) groups excluding carboxylic acids is 1. The van der Waals surface area contributed by atoms with E-state index in [1.54, 1.807) is 35.3 Å². The molecular weight excluding hydrogens is 391 g/mol. The number of aromatic nitrogens is 2. The van der Waals surface area contributed by atoms with Crippen molar-refractivity contribution in [3.05, 3.63) is 68.7 Å². The number of hydrogen-bond donors (Lipinski definition) is 4. The Balaban J connectivity index is 1.86. The maximum Gasteiger partial charge on any atom is 0.330 e. The van der Waals surface area contributed by atoms with Crippen LogP contribution in [0.5, 0.6) is 0 Å². The molecule has 0 bridgehead atoms. The number of ether oxygens (including phenoxy) is 2. The highest BCUT2D eigenvalue weighted by Crippen LogP contribution is 2.32. The van der Waals surface area contributed by atoms with E-state index >= 15 is 0 Å². The first kappa shape index (κ1) is 21.0. The molecule has 1 aliphatic heterocycles. The number of benzene rings is 1. The van der Waals surface area contributed by atoms with Gasteiger partial charge in [-0.3, -0.25) is 19.1 Å². The predicted octanol–water partition coefficient (Wildman–Crippen LogP) is -1.39. The van der Waals surface area contributed by atoms with Crippen LogP contribution in [0.25, 0.3) is 0 Å². The molecule has 1 saturated heterocycles. The van der Waals surface area contributed by atoms with Crippen molar-refractivity contribution < 1.29 is 34.0 Å². The minimum atomic E-state index is -1.93. The van der Waals surface area contributed by atoms with E-state index in [4.69, 9.17) is 9.47 Å². The lowest BCUT2D eigenvalue weighted by atomic mass is 9.96. The summed E-state index contributed by atoms with van der Waals surface area (Å²) in [7, 11) is 1.26. The van der Waals surface area contributed by atoms with Crippen LogP contribution >= 0.6 is 0 Å². The third-order valence-corrected chi connectivity index (χ3v) is 4.67. The number of rotatable bonds is 6. The monoisotopic (exact) mass is 410 g/mol. The molecule has 2 aromatic rings. The molecule has 11 heteroatoms. The number of aliphatic hydroxyl groups excluding tert-OH is 3. The van der Waals surface area contributed by atoms with Crippen molar-refractivity contribution in [2.75, 3.05) is 7.11 Å². The Hall–Kier alpha value is -2.70. The maximum atomic E-state index is 13.5. The van der Waals surface area contributed by atoms with Crippen molar-refractivity contribution in [2.24, 2.45) is 0 Å². The van der Waals surface area contributed by atoms with Crippen molar-refractivity contribution in [3.63, 3.8) is 0 Å². The van der Waals surface area contributed by atoms with Gasteiger partial charge in [-0.25, -0.2) is 4.79 Å². The quantitative estimate of drug-likeness (QED) is 0.455. The highest BCUT2D eigenvalue weighted by atomic mass is 19.1. The van der Waals surface area contributed by atoms with Crippen LogP contribution in [-0.4, -0.2) is 62.2 Å². The zero-order chi connectivity index (χ0) is 21.3. The number of aromatic amines is 1. The van der Waals surface area contributed by atoms with Gasteiger partial charge in [0.1, 0.15) is 30.5 Å². The van der Waals surface area contributed by atoms with E-state index in [0.717, 1.165) is 0 Å². The lowest BCUT2D eigenvalue weighted by Gasteiger charge is -2.24. The Morgan fingerprint density at radius 1 is 1.24 bits per heavy atom. The van der Waals surface area contributed by atoms with Gasteiger partial charge in [-0.1, -0.05) is 30.3 Å². The minimum Gasteiger partial charge on any atom is -0.387 e. The largest absolute Gasteiger partial charge is 0.387 e. The average Bonchev–Trinajstić information content (AvgIpc) is 3.00. The zero-order valence-corrected chi connectivity index (χ0v) is 15.1. The van der Waals surface area contributed by atoms with E-state index in [2.05, 4.69) is 0 Å². The smallest absolute Gasteiger partial charge is 0.330 e. The van der Waals surface area contributed by atoms with E-state index in [1.165, 1.54) is 7.11 Å². The maximum absolute atomic E-state index is 13.5. The number of aliphatic hydroxyl groups is 3. The number of nitrogens with zero attached hydrogens (tertiary/aromatic N) is 1. The summed E-state index contributed by atoms with van der Waals surface area (Å²) in [4.78, 5) is 37.5. The molecule has 1 aromatic heterocycles. The van der Waals surface area contributed by atoms with Gasteiger partial charge in [0, 0.05) is 7.11 Å². The van der Waals surface area contributed by atoms with Gasteiger partial charge in [0.2, 0.25) is 5.82 Å². The number of ketones is 1. The Bertz CT molecular complexity index is 991. The molecule has 6 atom stereocenters. The molecule has 0 aliphatic carbocycles. The second kappa shape index (κ2) is 8.35. The highest BCUT2D eigenvalue weighted by Gasteiger charge is 2.50. The van der Waals surface area contributed by atoms with Gasteiger partial charge in [0.15, 0.2) is 12.0 Å². The first-order valence-corrected chi connectivity index (χ1v) is 8.58. The van der Waals surface area contributed by atoms with Gasteiger partial charge in [0.05, 0.1) is 6.20 Å². The molecular formula is C18H19FN2O8. The third kappa shape index (κ3) is 3.91. The molecule has 0 saturated carbocycles. The van der Waals surface area contributed by atoms with Crippen molar-refractivity contribution in [2.45, 2.75) is 36.7 Å². The van der Waals surface area contributed by atoms with Crippen LogP contribution in [0.3, 0.4) is 0 Å². The first-order chi connectivity index (χ1) is 13.8. The van der Waals surface area contributed by atoms with Gasteiger partial charge in [-0.05, 0) is 5.56 Å². The summed E-state index contributed by atoms with van der Waals surface area (Å²) in [6.07, 6.45) is -9.46. The second-order valence-electron chi connectivity index (χ2n) is 6.49. The second-order valence-corrected chi connectivity index (χ2v) is 6.49. The van der Waals surface area contributed by atoms with Crippen LogP contribution in [-0.2, 0) is 14.3 Å². The van der Waals surface area contributed by atoms with E-state index in [9.17, 15) is 34.1 Å². The molecule has 2 unspecified atom stereocenters. The number of nitrogens with one attached hydrogen (secondary N) is 1. The Morgan fingerprint density at radius 3 is 2.52 bits per heavy atom. The van der Waals surface area contributed by atoms with Gasteiger partial charge in [-0.15, -0.1) is 0 Å². The molecule has 2 heterocycles. The lowest BCUT2D eigenvalue weighted by molar-refractivity contribution is -0.151. The summed E-state index contributed by atoms with van der Waals surface area (Å²) in [5.41, 5.74) is -1.92. The van der Waals surface area contributed by atoms with E-state index in [-0.39, 0.29) is 0 Å². The van der Waals surface area contributed by atoms with Crippen molar-refractivity contribution in [1.29, 1.82) is 0 Å². The van der Waals surface area contributed by atoms with Crippen LogP contribution in [0, 0.1) is 5.82 Å². The van der Waals surface area contributed by atoms with Crippen LogP contribution in [0.2, 0.25) is 0 Å². The predicted molar refractivity (Wildman–Crippen MR) is 94.4 cm³/mol. The number of methoxy groups -OCH3 is 1. The fraction of sp³-hybridized carbons (Fsp3) is 0.389. The SMILES string of the molecule is COC(C(=O)C(O)[C@H]1O[C@@H](n2cc(F)c(=O)[nH]c2=O)[C@H](O)[C@@H]1O)c1ccccc1. The highest BCUT2D eigenvalue weighted by molar-refractivity contribution is 5.89. The molecule has 29 heavy (non-hydrogen) atoms. The molecule has 0 amide bonds. The molecule has 4 N–H and O–H groups in total. The minimum absolute atomic E-state index is 0.447. The first-order valence-electron chi connectivity index (χ1n) is 8.58. The van der Waals surface area contributed by atoms with Gasteiger partial charge >= 0.3 is 5.69 Å². The van der Waals surface area contributed by atoms with Crippen LogP contribution in [0.15, 0.2) is 46.1 Å². The summed E-state index contributed by atoms with van der Waals surface area (Å²) in [6, 6.07) is 8.26. The summed E-state index contributed by atoms with van der Waals surface area (Å²) in [5.74, 6) is -2.17. The molecule has 3 rings (SSSR count). The summed E-state index contributed by atoms with van der Waals surface area (Å²) >= 11 is 0. The summed E-state index contributed by atoms with van der Waals surface area (Å²) in [5, 5.41) is 30.9. The number of halogens is 1. The average molecular weight is 410 g/mol. The fourth-order valence-electron chi connectivity index (χ4n) is 3.19. The van der Waals surface area contributed by atoms with E-state index < -0.39 is 59.6 Å². The molecule has 1 aliphatic rings. The van der Waals surface area contributed by atoms with Gasteiger partial charge < -0.3 is 24.8 Å². The van der Waals surface area contributed by atoms with Crippen molar-refractivity contribution in [3.8, 4) is 0 Å². The standard InChI is InChI=1S/C18H19FN2O8/c1-28-14(8-5-3-2-4-6-8)10(22)11(23)15-12(24)13(25)17(29-15)21-7-9(19)16(26)20-18(21)27/h2-7,11-15,17,23-25H,1H3,(H,20,26,27)/t11?,12-,13+,14?,15+,17+/m0/s1. The lowest BCUT2D eigenvalue weighted by Crippen LogP contribution is -2.44. The summed E-state index contributed by atoms with van der Waals surface area (Å²) < 4.78 is 24.5. The molecule has 10 nitrogen and oxygen atoms in total. The number of carbonyl (C=O) groups is 1. The molecule has 1 fully saturated rings. The number of Topliss-reactive ketones (excluding diaryl/α,β-unsaturated/α-hetero) is 1.